The van der Waals surface area contributed by atoms with Crippen molar-refractivity contribution in [2.75, 3.05) is 9.44 Å². The fourth-order valence-corrected chi connectivity index (χ4v) is 7.25. The normalized spacial score (nSPS) is 11.9. The maximum absolute atomic E-state index is 12.7. The van der Waals surface area contributed by atoms with E-state index >= 15 is 0 Å². The summed E-state index contributed by atoms with van der Waals surface area (Å²) < 4.78 is 61.6. The number of fused-ring (bicyclic) bond motifs is 1. The summed E-state index contributed by atoms with van der Waals surface area (Å²) in [7, 11) is -7.96. The van der Waals surface area contributed by atoms with Gasteiger partial charge in [0.1, 0.15) is 14.7 Å². The summed E-state index contributed by atoms with van der Waals surface area (Å²) in [6, 6.07) is 16.8. The van der Waals surface area contributed by atoms with Gasteiger partial charge in [0.15, 0.2) is 5.58 Å². The molecule has 11 nitrogen and oxygen atoms in total. The van der Waals surface area contributed by atoms with E-state index in [1.54, 1.807) is 18.2 Å². The molecule has 5 rings (SSSR count). The van der Waals surface area contributed by atoms with E-state index in [2.05, 4.69) is 14.4 Å². The van der Waals surface area contributed by atoms with Crippen LogP contribution >= 0.6 is 34.5 Å². The summed E-state index contributed by atoms with van der Waals surface area (Å²) in [5, 5.41) is 10.9. The summed E-state index contributed by atoms with van der Waals surface area (Å²) in [5.41, 5.74) is 1.26. The van der Waals surface area contributed by atoms with Crippen molar-refractivity contribution in [1.29, 1.82) is 0 Å². The number of hydrogen-bond donors (Lipinski definition) is 2. The van der Waals surface area contributed by atoms with Crippen molar-refractivity contribution in [1.82, 2.24) is 4.98 Å². The average Bonchev–Trinajstić information content (AvgIpc) is 3.50. The molecule has 2 N–H and O–H groups in total. The summed E-state index contributed by atoms with van der Waals surface area (Å²) in [6.07, 6.45) is 0. The third kappa shape index (κ3) is 5.69. The fourth-order valence-electron chi connectivity index (χ4n) is 3.46. The lowest BCUT2D eigenvalue weighted by Crippen LogP contribution is -2.13. The molecule has 0 saturated carbocycles. The number of nitrogens with one attached hydrogen (secondary N) is 2. The van der Waals surface area contributed by atoms with Gasteiger partial charge < -0.3 is 4.42 Å². The van der Waals surface area contributed by atoms with Crippen LogP contribution in [0.5, 0.6) is 0 Å². The van der Waals surface area contributed by atoms with Gasteiger partial charge in [-0.2, -0.15) is 0 Å². The Bertz CT molecular complexity index is 1960. The highest BCUT2D eigenvalue weighted by molar-refractivity contribution is 7.94. The Morgan fingerprint density at radius 1 is 0.846 bits per heavy atom. The predicted octanol–water partition coefficient (Wildman–Crippen LogP) is 6.37. The minimum Gasteiger partial charge on any atom is -0.436 e. The van der Waals surface area contributed by atoms with Gasteiger partial charge >= 0.3 is 0 Å². The summed E-state index contributed by atoms with van der Waals surface area (Å²) >= 11 is 12.5. The molecule has 5 aromatic rings. The largest absolute Gasteiger partial charge is 0.436 e. The second kappa shape index (κ2) is 10.1. The molecule has 0 radical (unpaired) electrons. The maximum Gasteiger partial charge on any atom is 0.289 e. The Labute approximate surface area is 235 Å². The van der Waals surface area contributed by atoms with E-state index in [0.29, 0.717) is 21.0 Å². The molecule has 200 valence electrons. The molecule has 16 heteroatoms. The third-order valence-corrected chi connectivity index (χ3v) is 10.1. The Balaban J connectivity index is 1.35. The minimum atomic E-state index is -4.14. The third-order valence-electron chi connectivity index (χ3n) is 5.26. The highest BCUT2D eigenvalue weighted by atomic mass is 35.5. The van der Waals surface area contributed by atoms with Gasteiger partial charge in [0, 0.05) is 17.3 Å². The first-order valence-corrected chi connectivity index (χ1v) is 15.2. The predicted molar refractivity (Wildman–Crippen MR) is 148 cm³/mol. The van der Waals surface area contributed by atoms with Gasteiger partial charge in [-0.05, 0) is 66.7 Å². The lowest BCUT2D eigenvalue weighted by atomic mass is 10.2. The Morgan fingerprint density at radius 2 is 1.54 bits per heavy atom. The summed E-state index contributed by atoms with van der Waals surface area (Å²) in [6.45, 7) is 0. The van der Waals surface area contributed by atoms with E-state index in [1.165, 1.54) is 36.4 Å². The van der Waals surface area contributed by atoms with E-state index in [0.717, 1.165) is 29.5 Å². The number of rotatable bonds is 8. The Morgan fingerprint density at radius 3 is 2.21 bits per heavy atom. The van der Waals surface area contributed by atoms with Gasteiger partial charge in [-0.3, -0.25) is 19.6 Å². The van der Waals surface area contributed by atoms with E-state index in [1.807, 2.05) is 0 Å². The van der Waals surface area contributed by atoms with Crippen LogP contribution in [-0.4, -0.2) is 26.7 Å². The molecule has 0 spiro atoms. The van der Waals surface area contributed by atoms with Gasteiger partial charge in [-0.1, -0.05) is 23.2 Å². The smallest absolute Gasteiger partial charge is 0.289 e. The van der Waals surface area contributed by atoms with Crippen LogP contribution in [-0.2, 0) is 20.0 Å². The molecule has 39 heavy (non-hydrogen) atoms. The molecule has 0 aliphatic carbocycles. The SMILES string of the molecule is O=[N+]([O-])c1cc(S(=O)(=O)Nc2ccc(-c3nc4cc(NS(=O)(=O)c5ccc(Cl)s5)ccc4o3)cc2)ccc1Cl. The first-order chi connectivity index (χ1) is 18.4. The topological polar surface area (TPSA) is 162 Å². The molecule has 2 aromatic heterocycles. The van der Waals surface area contributed by atoms with Gasteiger partial charge in [0.25, 0.3) is 25.7 Å². The number of oxazole rings is 1. The second-order valence-electron chi connectivity index (χ2n) is 7.92. The van der Waals surface area contributed by atoms with Gasteiger partial charge in [-0.25, -0.2) is 21.8 Å². The molecule has 0 bridgehead atoms. The molecule has 0 fully saturated rings. The Kier molecular flexibility index (Phi) is 6.99. The van der Waals surface area contributed by atoms with Crippen LogP contribution in [0, 0.1) is 10.1 Å². The van der Waals surface area contributed by atoms with Crippen LogP contribution in [0.4, 0.5) is 17.1 Å². The molecule has 0 aliphatic heterocycles. The quantitative estimate of drug-likeness (QED) is 0.148. The van der Waals surface area contributed by atoms with Crippen molar-refractivity contribution in [2.45, 2.75) is 9.10 Å². The van der Waals surface area contributed by atoms with Crippen LogP contribution in [0.25, 0.3) is 22.6 Å². The zero-order valence-corrected chi connectivity index (χ0v) is 23.1. The number of sulfonamides is 2. The highest BCUT2D eigenvalue weighted by Crippen LogP contribution is 2.31. The average molecular weight is 625 g/mol. The van der Waals surface area contributed by atoms with Gasteiger partial charge in [0.05, 0.1) is 19.8 Å². The number of anilines is 2. The number of halogens is 2. The van der Waals surface area contributed by atoms with E-state index in [4.69, 9.17) is 27.6 Å². The molecular formula is C23H14Cl2N4O7S3. The number of benzene rings is 3. The maximum atomic E-state index is 12.7. The van der Waals surface area contributed by atoms with Crippen molar-refractivity contribution in [3.05, 3.63) is 92.3 Å². The molecule has 2 heterocycles. The van der Waals surface area contributed by atoms with Crippen molar-refractivity contribution < 1.29 is 26.2 Å². The van der Waals surface area contributed by atoms with Crippen LogP contribution in [0.3, 0.4) is 0 Å². The molecule has 0 saturated heterocycles. The molecule has 3 aromatic carbocycles. The first kappa shape index (κ1) is 26.9. The van der Waals surface area contributed by atoms with E-state index in [9.17, 15) is 26.9 Å². The molecule has 0 amide bonds. The lowest BCUT2D eigenvalue weighted by Gasteiger charge is -2.08. The number of aromatic nitrogens is 1. The van der Waals surface area contributed by atoms with Crippen molar-refractivity contribution >= 4 is 82.7 Å². The summed E-state index contributed by atoms with van der Waals surface area (Å²) in [5.74, 6) is 0.220. The number of hydrogen-bond acceptors (Lipinski definition) is 9. The number of nitrogens with zero attached hydrogens (tertiary/aromatic N) is 2. The monoisotopic (exact) mass is 624 g/mol. The van der Waals surface area contributed by atoms with Crippen molar-refractivity contribution in [2.24, 2.45) is 0 Å². The Hall–Kier alpha value is -3.69. The zero-order valence-electron chi connectivity index (χ0n) is 19.2. The zero-order chi connectivity index (χ0) is 27.9. The fraction of sp³-hybridized carbons (Fsp3) is 0. The highest BCUT2D eigenvalue weighted by Gasteiger charge is 2.21. The second-order valence-corrected chi connectivity index (χ2v) is 13.6. The van der Waals surface area contributed by atoms with E-state index < -0.39 is 30.7 Å². The van der Waals surface area contributed by atoms with Crippen molar-refractivity contribution in [3.63, 3.8) is 0 Å². The van der Waals surface area contributed by atoms with Crippen LogP contribution < -0.4 is 9.44 Å². The van der Waals surface area contributed by atoms with Gasteiger partial charge in [0.2, 0.25) is 5.89 Å². The van der Waals surface area contributed by atoms with Crippen LogP contribution in [0.15, 0.2) is 86.3 Å². The van der Waals surface area contributed by atoms with Crippen LogP contribution in [0.1, 0.15) is 0 Å². The van der Waals surface area contributed by atoms with Gasteiger partial charge in [-0.15, -0.1) is 11.3 Å². The number of nitro groups is 1. The summed E-state index contributed by atoms with van der Waals surface area (Å²) in [4.78, 5) is 14.4. The lowest BCUT2D eigenvalue weighted by molar-refractivity contribution is -0.384. The number of nitro benzene ring substituents is 1. The molecule has 0 aliphatic rings. The number of thiophene rings is 1. The standard InChI is InChI=1S/C23H14Cl2N4O7S3/c24-17-7-6-16(12-19(17)29(30)31)38(32,33)27-14-3-1-13(2-4-14)23-26-18-11-15(5-8-20(18)36-23)28-39(34,35)22-10-9-21(25)37-22/h1-12,27-28H. The first-order valence-electron chi connectivity index (χ1n) is 10.7. The minimum absolute atomic E-state index is 0.0680. The molecule has 0 atom stereocenters. The van der Waals surface area contributed by atoms with Crippen LogP contribution in [0.2, 0.25) is 9.36 Å². The van der Waals surface area contributed by atoms with Crippen molar-refractivity contribution in [3.8, 4) is 11.5 Å². The van der Waals surface area contributed by atoms with E-state index in [-0.39, 0.29) is 31.4 Å². The molecular weight excluding hydrogens is 611 g/mol. The molecule has 0 unspecified atom stereocenters.